The van der Waals surface area contributed by atoms with Crippen molar-refractivity contribution in [3.05, 3.63) is 119 Å². The molecule has 5 aromatic rings. The average Bonchev–Trinajstić information content (AvgIpc) is 3.42. The van der Waals surface area contributed by atoms with Crippen LogP contribution in [-0.2, 0) is 17.9 Å². The fraction of sp³-hybridized carbons (Fsp3) is 0.143. The third-order valence-corrected chi connectivity index (χ3v) is 6.61. The molecule has 0 radical (unpaired) electrons. The number of aryl methyl sites for hydroxylation is 1. The number of rotatable bonds is 8. The third kappa shape index (κ3) is 5.23. The zero-order valence-corrected chi connectivity index (χ0v) is 20.5. The van der Waals surface area contributed by atoms with Gasteiger partial charge in [0.2, 0.25) is 5.91 Å². The number of pyridine rings is 1. The van der Waals surface area contributed by atoms with Gasteiger partial charge < -0.3 is 9.32 Å². The van der Waals surface area contributed by atoms with Crippen molar-refractivity contribution in [3.8, 4) is 5.82 Å². The molecule has 0 spiro atoms. The number of aromatic nitrogens is 3. The van der Waals surface area contributed by atoms with E-state index in [4.69, 9.17) is 9.40 Å². The molecule has 0 atom stereocenters. The second-order valence-electron chi connectivity index (χ2n) is 8.35. The van der Waals surface area contributed by atoms with Gasteiger partial charge in [-0.3, -0.25) is 9.59 Å². The van der Waals surface area contributed by atoms with Crippen LogP contribution >= 0.6 is 11.8 Å². The van der Waals surface area contributed by atoms with Crippen LogP contribution in [0.25, 0.3) is 16.7 Å². The number of nitrogens with zero attached hydrogens (tertiary/aromatic N) is 4. The molecule has 0 unspecified atom stereocenters. The van der Waals surface area contributed by atoms with E-state index in [-0.39, 0.29) is 17.2 Å². The number of hydrogen-bond acceptors (Lipinski definition) is 6. The Morgan fingerprint density at radius 2 is 1.78 bits per heavy atom. The predicted molar refractivity (Wildman–Crippen MR) is 140 cm³/mol. The third-order valence-electron chi connectivity index (χ3n) is 5.69. The van der Waals surface area contributed by atoms with Crippen molar-refractivity contribution in [1.82, 2.24) is 19.4 Å². The molecule has 3 aromatic heterocycles. The number of carbonyl (C=O) groups is 1. The first-order valence-corrected chi connectivity index (χ1v) is 12.5. The van der Waals surface area contributed by atoms with Gasteiger partial charge in [-0.05, 0) is 48.4 Å². The van der Waals surface area contributed by atoms with Gasteiger partial charge in [0.05, 0.1) is 29.5 Å². The molecule has 0 aliphatic carbocycles. The molecule has 0 bridgehead atoms. The Morgan fingerprint density at radius 3 is 2.53 bits per heavy atom. The van der Waals surface area contributed by atoms with Crippen LogP contribution in [0, 0.1) is 6.92 Å². The molecule has 0 aliphatic heterocycles. The lowest BCUT2D eigenvalue weighted by Crippen LogP contribution is -2.32. The minimum absolute atomic E-state index is 0.0916. The van der Waals surface area contributed by atoms with Gasteiger partial charge >= 0.3 is 0 Å². The molecule has 0 saturated heterocycles. The van der Waals surface area contributed by atoms with Gasteiger partial charge in [-0.15, -0.1) is 0 Å². The summed E-state index contributed by atoms with van der Waals surface area (Å²) in [5.74, 6) is 1.18. The van der Waals surface area contributed by atoms with E-state index in [0.717, 1.165) is 11.1 Å². The Morgan fingerprint density at radius 1 is 0.972 bits per heavy atom. The maximum absolute atomic E-state index is 13.4. The highest BCUT2D eigenvalue weighted by Crippen LogP contribution is 2.22. The van der Waals surface area contributed by atoms with Crippen LogP contribution in [0.1, 0.15) is 16.9 Å². The van der Waals surface area contributed by atoms with E-state index in [1.54, 1.807) is 35.6 Å². The van der Waals surface area contributed by atoms with Crippen molar-refractivity contribution in [3.63, 3.8) is 0 Å². The van der Waals surface area contributed by atoms with Gasteiger partial charge in [-0.1, -0.05) is 60.3 Å². The van der Waals surface area contributed by atoms with Gasteiger partial charge in [-0.2, -0.15) is 0 Å². The molecule has 7 nitrogen and oxygen atoms in total. The van der Waals surface area contributed by atoms with Crippen molar-refractivity contribution < 1.29 is 9.21 Å². The molecule has 3 heterocycles. The molecular formula is C28H24N4O3S. The summed E-state index contributed by atoms with van der Waals surface area (Å²) in [5, 5.41) is 0.917. The second kappa shape index (κ2) is 10.6. The summed E-state index contributed by atoms with van der Waals surface area (Å²) in [6.07, 6.45) is 3.31. The van der Waals surface area contributed by atoms with Crippen molar-refractivity contribution in [2.45, 2.75) is 25.2 Å². The topological polar surface area (TPSA) is 81.2 Å². The molecule has 0 saturated carbocycles. The lowest BCUT2D eigenvalue weighted by atomic mass is 10.2. The Bertz CT molecular complexity index is 1530. The SMILES string of the molecule is Cc1ccc(-n2c(SCC(=O)N(Cc3ccccc3)Cc3ccco3)nc3ccccc3c2=O)nc1. The van der Waals surface area contributed by atoms with Gasteiger partial charge in [0.1, 0.15) is 11.6 Å². The van der Waals surface area contributed by atoms with Gasteiger partial charge in [0.25, 0.3) is 5.56 Å². The van der Waals surface area contributed by atoms with E-state index in [1.807, 2.05) is 67.6 Å². The molecule has 1 amide bonds. The van der Waals surface area contributed by atoms with Crippen LogP contribution in [0.15, 0.2) is 106 Å². The maximum Gasteiger partial charge on any atom is 0.267 e. The molecule has 0 N–H and O–H groups in total. The maximum atomic E-state index is 13.4. The van der Waals surface area contributed by atoms with Crippen molar-refractivity contribution in [2.24, 2.45) is 0 Å². The number of para-hydroxylation sites is 1. The Hall–Kier alpha value is -4.17. The van der Waals surface area contributed by atoms with E-state index in [1.165, 1.54) is 16.3 Å². The summed E-state index contributed by atoms with van der Waals surface area (Å²) < 4.78 is 6.98. The molecule has 2 aromatic carbocycles. The molecule has 180 valence electrons. The van der Waals surface area contributed by atoms with Gasteiger partial charge in [0.15, 0.2) is 5.16 Å². The van der Waals surface area contributed by atoms with E-state index >= 15 is 0 Å². The summed E-state index contributed by atoms with van der Waals surface area (Å²) in [4.78, 5) is 37.8. The number of carbonyl (C=O) groups excluding carboxylic acids is 1. The van der Waals surface area contributed by atoms with E-state index in [0.29, 0.717) is 40.7 Å². The minimum Gasteiger partial charge on any atom is -0.467 e. The number of benzene rings is 2. The minimum atomic E-state index is -0.219. The zero-order valence-electron chi connectivity index (χ0n) is 19.7. The first kappa shape index (κ1) is 23.6. The standard InChI is InChI=1S/C28H24N4O3S/c1-20-13-14-25(29-16-20)32-27(34)23-11-5-6-12-24(23)30-28(32)36-19-26(33)31(18-22-10-7-15-35-22)17-21-8-3-2-4-9-21/h2-16H,17-19H2,1H3. The van der Waals surface area contributed by atoms with Gasteiger partial charge in [-0.25, -0.2) is 14.5 Å². The Labute approximate surface area is 212 Å². The largest absolute Gasteiger partial charge is 0.467 e. The molecule has 8 heteroatoms. The summed E-state index contributed by atoms with van der Waals surface area (Å²) in [6, 6.07) is 24.4. The smallest absolute Gasteiger partial charge is 0.267 e. The zero-order chi connectivity index (χ0) is 24.9. The fourth-order valence-electron chi connectivity index (χ4n) is 3.85. The van der Waals surface area contributed by atoms with E-state index in [9.17, 15) is 9.59 Å². The summed E-state index contributed by atoms with van der Waals surface area (Å²) in [6.45, 7) is 2.73. The van der Waals surface area contributed by atoms with Crippen LogP contribution in [0.5, 0.6) is 0 Å². The highest BCUT2D eigenvalue weighted by atomic mass is 32.2. The van der Waals surface area contributed by atoms with Crippen LogP contribution in [-0.4, -0.2) is 31.1 Å². The highest BCUT2D eigenvalue weighted by Gasteiger charge is 2.20. The van der Waals surface area contributed by atoms with E-state index < -0.39 is 0 Å². The van der Waals surface area contributed by atoms with Gasteiger partial charge in [0, 0.05) is 12.7 Å². The first-order valence-electron chi connectivity index (χ1n) is 11.5. The normalized spacial score (nSPS) is 11.0. The molecule has 0 fully saturated rings. The lowest BCUT2D eigenvalue weighted by molar-refractivity contribution is -0.129. The Kier molecular flexibility index (Phi) is 6.95. The predicted octanol–water partition coefficient (Wildman–Crippen LogP) is 5.00. The van der Waals surface area contributed by atoms with Crippen molar-refractivity contribution >= 4 is 28.6 Å². The lowest BCUT2D eigenvalue weighted by Gasteiger charge is -2.22. The number of thioether (sulfide) groups is 1. The number of fused-ring (bicyclic) bond motifs is 1. The monoisotopic (exact) mass is 496 g/mol. The second-order valence-corrected chi connectivity index (χ2v) is 9.29. The van der Waals surface area contributed by atoms with Crippen LogP contribution in [0.4, 0.5) is 0 Å². The van der Waals surface area contributed by atoms with Crippen LogP contribution in [0.3, 0.4) is 0 Å². The van der Waals surface area contributed by atoms with Crippen molar-refractivity contribution in [1.29, 1.82) is 0 Å². The fourth-order valence-corrected chi connectivity index (χ4v) is 4.75. The van der Waals surface area contributed by atoms with Crippen LogP contribution in [0.2, 0.25) is 0 Å². The average molecular weight is 497 g/mol. The van der Waals surface area contributed by atoms with Crippen LogP contribution < -0.4 is 5.56 Å². The van der Waals surface area contributed by atoms with Crippen molar-refractivity contribution in [2.75, 3.05) is 5.75 Å². The number of hydrogen-bond donors (Lipinski definition) is 0. The quantitative estimate of drug-likeness (QED) is 0.222. The Balaban J connectivity index is 1.45. The molecule has 36 heavy (non-hydrogen) atoms. The molecular weight excluding hydrogens is 472 g/mol. The molecule has 0 aliphatic rings. The highest BCUT2D eigenvalue weighted by molar-refractivity contribution is 7.99. The summed E-state index contributed by atoms with van der Waals surface area (Å²) in [7, 11) is 0. The van der Waals surface area contributed by atoms with E-state index in [2.05, 4.69) is 4.98 Å². The number of amides is 1. The first-order chi connectivity index (χ1) is 17.6. The summed E-state index contributed by atoms with van der Waals surface area (Å²) >= 11 is 1.22. The summed E-state index contributed by atoms with van der Waals surface area (Å²) in [5.41, 5.74) is 2.37. The molecule has 5 rings (SSSR count). The number of furan rings is 1.